The quantitative estimate of drug-likeness (QED) is 0.298. The Morgan fingerprint density at radius 3 is 2.65 bits per heavy atom. The van der Waals surface area contributed by atoms with Crippen LogP contribution in [0.4, 0.5) is 22.1 Å². The number of nitrogen functional groups attached to an aromatic ring is 1. The van der Waals surface area contributed by atoms with Gasteiger partial charge >= 0.3 is 6.03 Å². The van der Waals surface area contributed by atoms with Gasteiger partial charge in [-0.1, -0.05) is 23.7 Å². The van der Waals surface area contributed by atoms with Crippen LogP contribution in [0.5, 0.6) is 0 Å². The van der Waals surface area contributed by atoms with Crippen LogP contribution < -0.4 is 27.2 Å². The zero-order chi connectivity index (χ0) is 26.7. The van der Waals surface area contributed by atoms with Crippen LogP contribution in [0.2, 0.25) is 5.02 Å². The fourth-order valence-corrected chi connectivity index (χ4v) is 4.04. The molecule has 37 heavy (non-hydrogen) atoms. The number of carbonyl (C=O) groups excluding carboxylic acids is 1. The summed E-state index contributed by atoms with van der Waals surface area (Å²) in [4.78, 5) is 38.8. The fraction of sp³-hybridized carbons (Fsp3) is 0.200. The molecule has 4 aromatic rings. The third-order valence-electron chi connectivity index (χ3n) is 5.38. The predicted octanol–water partition coefficient (Wildman–Crippen LogP) is 3.99. The highest BCUT2D eigenvalue weighted by Gasteiger charge is 2.21. The number of amides is 2. The molecule has 2 aromatic heterocycles. The number of hydrogen-bond acceptors (Lipinski definition) is 8. The fourth-order valence-electron chi connectivity index (χ4n) is 3.79. The summed E-state index contributed by atoms with van der Waals surface area (Å²) in [6, 6.07) is 12.8. The molecular formula is C25H24ClN9O2. The molecule has 188 valence electrons. The second kappa shape index (κ2) is 10.5. The molecule has 0 saturated carbocycles. The number of halogens is 1. The molecule has 2 heterocycles. The molecule has 0 aliphatic carbocycles. The smallest absolute Gasteiger partial charge is 0.319 e. The highest BCUT2D eigenvalue weighted by atomic mass is 35.5. The number of nitrogens with two attached hydrogens (primary N) is 1. The van der Waals surface area contributed by atoms with Gasteiger partial charge in [0.1, 0.15) is 35.4 Å². The highest BCUT2D eigenvalue weighted by molar-refractivity contribution is 6.35. The first-order valence-corrected chi connectivity index (χ1v) is 11.7. The molecule has 1 atom stereocenters. The Morgan fingerprint density at radius 1 is 1.16 bits per heavy atom. The Balaban J connectivity index is 1.86. The molecule has 0 unspecified atom stereocenters. The van der Waals surface area contributed by atoms with Gasteiger partial charge in [0, 0.05) is 11.7 Å². The van der Waals surface area contributed by atoms with Gasteiger partial charge in [-0.15, -0.1) is 0 Å². The van der Waals surface area contributed by atoms with Crippen LogP contribution in [-0.4, -0.2) is 31.6 Å². The standard InChI is InChI=1S/C25H24ClN9O2/c1-13(2)31-25(37)33-15-6-4-7-16(10-15)35-23(34-19-9-5-8-18(26)20(19)24(35)36)14(3)32-22-17(11-27)21(28)29-12-30-22/h4-10,12-14H,1-3H3,(H2,31,33,37)(H3,28,29,30,32)/t14-/m0/s1. The molecule has 2 amide bonds. The van der Waals surface area contributed by atoms with E-state index in [-0.39, 0.29) is 39.7 Å². The van der Waals surface area contributed by atoms with Crippen LogP contribution in [0, 0.1) is 11.3 Å². The number of rotatable bonds is 6. The SMILES string of the molecule is CC(C)NC(=O)Nc1cccc(-n2c([C@H](C)Nc3ncnc(N)c3C#N)nc3cccc(Cl)c3c2=O)c1. The van der Waals surface area contributed by atoms with Crippen molar-refractivity contribution < 1.29 is 4.79 Å². The number of benzene rings is 2. The number of urea groups is 1. The minimum Gasteiger partial charge on any atom is -0.382 e. The maximum atomic E-state index is 13.8. The molecule has 5 N–H and O–H groups in total. The van der Waals surface area contributed by atoms with Gasteiger partial charge in [-0.2, -0.15) is 5.26 Å². The van der Waals surface area contributed by atoms with Crippen LogP contribution in [0.1, 0.15) is 38.2 Å². The van der Waals surface area contributed by atoms with Gasteiger partial charge < -0.3 is 21.7 Å². The van der Waals surface area contributed by atoms with Crippen molar-refractivity contribution in [2.24, 2.45) is 0 Å². The molecule has 0 aliphatic heterocycles. The van der Waals surface area contributed by atoms with E-state index < -0.39 is 11.6 Å². The average molecular weight is 518 g/mol. The Morgan fingerprint density at radius 2 is 1.92 bits per heavy atom. The summed E-state index contributed by atoms with van der Waals surface area (Å²) in [6.07, 6.45) is 1.24. The summed E-state index contributed by atoms with van der Waals surface area (Å²) in [6.45, 7) is 5.47. The third kappa shape index (κ3) is 5.29. The van der Waals surface area contributed by atoms with E-state index in [0.717, 1.165) is 0 Å². The molecule has 0 bridgehead atoms. The maximum absolute atomic E-state index is 13.8. The number of hydrogen-bond donors (Lipinski definition) is 4. The van der Waals surface area contributed by atoms with E-state index in [1.807, 2.05) is 19.9 Å². The Labute approximate surface area is 217 Å². The van der Waals surface area contributed by atoms with Gasteiger partial charge in [0.2, 0.25) is 0 Å². The minimum atomic E-state index is -0.613. The lowest BCUT2D eigenvalue weighted by molar-refractivity contribution is 0.250. The van der Waals surface area contributed by atoms with Crippen molar-refractivity contribution in [3.63, 3.8) is 0 Å². The number of nitriles is 1. The first-order valence-electron chi connectivity index (χ1n) is 11.4. The first-order chi connectivity index (χ1) is 17.7. The summed E-state index contributed by atoms with van der Waals surface area (Å²) < 4.78 is 1.41. The number of nitrogens with one attached hydrogen (secondary N) is 3. The molecule has 12 heteroatoms. The van der Waals surface area contributed by atoms with Crippen molar-refractivity contribution >= 4 is 45.9 Å². The van der Waals surface area contributed by atoms with E-state index in [0.29, 0.717) is 22.7 Å². The number of nitrogens with zero attached hydrogens (tertiary/aromatic N) is 5. The lowest BCUT2D eigenvalue weighted by atomic mass is 10.2. The molecule has 0 radical (unpaired) electrons. The molecule has 0 spiro atoms. The summed E-state index contributed by atoms with van der Waals surface area (Å²) in [5.74, 6) is 0.557. The van der Waals surface area contributed by atoms with E-state index in [1.165, 1.54) is 10.9 Å². The lowest BCUT2D eigenvalue weighted by Gasteiger charge is -2.21. The summed E-state index contributed by atoms with van der Waals surface area (Å²) in [5, 5.41) is 18.7. The number of carbonyl (C=O) groups is 1. The zero-order valence-electron chi connectivity index (χ0n) is 20.3. The van der Waals surface area contributed by atoms with Crippen molar-refractivity contribution in [1.29, 1.82) is 5.26 Å². The van der Waals surface area contributed by atoms with Crippen LogP contribution in [0.25, 0.3) is 16.6 Å². The van der Waals surface area contributed by atoms with Gasteiger partial charge in [0.25, 0.3) is 5.56 Å². The van der Waals surface area contributed by atoms with Gasteiger partial charge in [-0.05, 0) is 51.1 Å². The largest absolute Gasteiger partial charge is 0.382 e. The monoisotopic (exact) mass is 517 g/mol. The van der Waals surface area contributed by atoms with Crippen LogP contribution >= 0.6 is 11.6 Å². The molecule has 0 fully saturated rings. The molecule has 0 saturated heterocycles. The summed E-state index contributed by atoms with van der Waals surface area (Å²) >= 11 is 6.39. The molecule has 0 aliphatic rings. The second-order valence-corrected chi connectivity index (χ2v) is 8.92. The molecule has 11 nitrogen and oxygen atoms in total. The van der Waals surface area contributed by atoms with Gasteiger partial charge in [0.05, 0.1) is 27.7 Å². The van der Waals surface area contributed by atoms with E-state index in [9.17, 15) is 14.9 Å². The van der Waals surface area contributed by atoms with Crippen LogP contribution in [0.3, 0.4) is 0 Å². The highest BCUT2D eigenvalue weighted by Crippen LogP contribution is 2.26. The Kier molecular flexibility index (Phi) is 7.22. The second-order valence-electron chi connectivity index (χ2n) is 8.51. The van der Waals surface area contributed by atoms with E-state index in [1.54, 1.807) is 49.4 Å². The summed E-state index contributed by atoms with van der Waals surface area (Å²) in [5.41, 5.74) is 6.85. The Hall–Kier alpha value is -4.69. The number of fused-ring (bicyclic) bond motifs is 1. The van der Waals surface area contributed by atoms with Crippen molar-refractivity contribution in [2.75, 3.05) is 16.4 Å². The minimum absolute atomic E-state index is 0.0290. The average Bonchev–Trinajstić information content (AvgIpc) is 2.83. The van der Waals surface area contributed by atoms with Crippen LogP contribution in [0.15, 0.2) is 53.6 Å². The normalized spacial score (nSPS) is 11.7. The van der Waals surface area contributed by atoms with Crippen LogP contribution in [-0.2, 0) is 0 Å². The molecule has 4 rings (SSSR count). The lowest BCUT2D eigenvalue weighted by Crippen LogP contribution is -2.34. The Bertz CT molecular complexity index is 1590. The zero-order valence-corrected chi connectivity index (χ0v) is 21.0. The topological polar surface area (TPSA) is 164 Å². The van der Waals surface area contributed by atoms with Gasteiger partial charge in [-0.25, -0.2) is 19.7 Å². The van der Waals surface area contributed by atoms with Crippen molar-refractivity contribution in [3.8, 4) is 11.8 Å². The first kappa shape index (κ1) is 25.4. The van der Waals surface area contributed by atoms with Crippen molar-refractivity contribution in [3.05, 3.63) is 75.6 Å². The van der Waals surface area contributed by atoms with E-state index in [2.05, 4.69) is 25.9 Å². The van der Waals surface area contributed by atoms with Crippen molar-refractivity contribution in [2.45, 2.75) is 32.9 Å². The molecular weight excluding hydrogens is 494 g/mol. The van der Waals surface area contributed by atoms with Gasteiger partial charge in [0.15, 0.2) is 0 Å². The van der Waals surface area contributed by atoms with Gasteiger partial charge in [-0.3, -0.25) is 9.36 Å². The van der Waals surface area contributed by atoms with E-state index in [4.69, 9.17) is 22.3 Å². The number of aromatic nitrogens is 4. The molecule has 2 aromatic carbocycles. The van der Waals surface area contributed by atoms with E-state index >= 15 is 0 Å². The maximum Gasteiger partial charge on any atom is 0.319 e. The third-order valence-corrected chi connectivity index (χ3v) is 5.70. The summed E-state index contributed by atoms with van der Waals surface area (Å²) in [7, 11) is 0. The van der Waals surface area contributed by atoms with Crippen molar-refractivity contribution in [1.82, 2.24) is 24.8 Å². The predicted molar refractivity (Wildman–Crippen MR) is 143 cm³/mol. The number of anilines is 3.